The molecule has 0 bridgehead atoms. The molecule has 4 heteroatoms. The Kier molecular flexibility index (Phi) is 4.53. The highest BCUT2D eigenvalue weighted by Crippen LogP contribution is 2.24. The number of benzene rings is 2. The van der Waals surface area contributed by atoms with E-state index in [2.05, 4.69) is 21.2 Å². The van der Waals surface area contributed by atoms with Crippen LogP contribution in [0.1, 0.15) is 12.5 Å². The van der Waals surface area contributed by atoms with Gasteiger partial charge < -0.3 is 5.32 Å². The molecule has 2 aromatic rings. The van der Waals surface area contributed by atoms with E-state index in [0.29, 0.717) is 10.9 Å². The van der Waals surface area contributed by atoms with E-state index in [-0.39, 0.29) is 17.7 Å². The maximum Gasteiger partial charge on any atom is 0.124 e. The van der Waals surface area contributed by atoms with Gasteiger partial charge in [-0.15, -0.1) is 0 Å². The van der Waals surface area contributed by atoms with E-state index in [0.717, 1.165) is 11.3 Å². The Labute approximate surface area is 119 Å². The smallest absolute Gasteiger partial charge is 0.124 e. The molecule has 1 N–H and O–H groups in total. The van der Waals surface area contributed by atoms with E-state index in [4.69, 9.17) is 0 Å². The van der Waals surface area contributed by atoms with Crippen LogP contribution in [0.25, 0.3) is 0 Å². The molecule has 1 nitrogen and oxygen atoms in total. The SMILES string of the molecule is CC(Cc1cccc(F)c1)Nc1ccc(F)cc1Br. The second-order valence-corrected chi connectivity index (χ2v) is 5.36. The van der Waals surface area contributed by atoms with E-state index >= 15 is 0 Å². The van der Waals surface area contributed by atoms with Gasteiger partial charge in [0.15, 0.2) is 0 Å². The van der Waals surface area contributed by atoms with Gasteiger partial charge >= 0.3 is 0 Å². The van der Waals surface area contributed by atoms with Crippen molar-refractivity contribution < 1.29 is 8.78 Å². The van der Waals surface area contributed by atoms with Gasteiger partial charge in [0.1, 0.15) is 11.6 Å². The normalized spacial score (nSPS) is 12.2. The Bertz CT molecular complexity index is 572. The first kappa shape index (κ1) is 14.0. The van der Waals surface area contributed by atoms with E-state index in [1.165, 1.54) is 24.3 Å². The third-order valence-electron chi connectivity index (χ3n) is 2.76. The highest BCUT2D eigenvalue weighted by molar-refractivity contribution is 9.10. The Morgan fingerprint density at radius 3 is 2.53 bits per heavy atom. The minimum atomic E-state index is -0.282. The van der Waals surface area contributed by atoms with Gasteiger partial charge in [-0.25, -0.2) is 8.78 Å². The van der Waals surface area contributed by atoms with Gasteiger partial charge in [-0.2, -0.15) is 0 Å². The Morgan fingerprint density at radius 2 is 1.84 bits per heavy atom. The monoisotopic (exact) mass is 325 g/mol. The summed E-state index contributed by atoms with van der Waals surface area (Å²) < 4.78 is 26.7. The quantitative estimate of drug-likeness (QED) is 0.853. The molecular formula is C15H14BrF2N. The van der Waals surface area contributed by atoms with Crippen LogP contribution in [0.15, 0.2) is 46.9 Å². The van der Waals surface area contributed by atoms with Gasteiger partial charge in [0, 0.05) is 16.2 Å². The van der Waals surface area contributed by atoms with Crippen LogP contribution in [0, 0.1) is 11.6 Å². The number of hydrogen-bond acceptors (Lipinski definition) is 1. The molecule has 0 heterocycles. The van der Waals surface area contributed by atoms with Gasteiger partial charge in [0.05, 0.1) is 0 Å². The molecule has 0 aliphatic carbocycles. The highest BCUT2D eigenvalue weighted by Gasteiger charge is 2.07. The second kappa shape index (κ2) is 6.15. The van der Waals surface area contributed by atoms with Crippen molar-refractivity contribution >= 4 is 21.6 Å². The largest absolute Gasteiger partial charge is 0.381 e. The fourth-order valence-electron chi connectivity index (χ4n) is 1.94. The van der Waals surface area contributed by atoms with E-state index < -0.39 is 0 Å². The van der Waals surface area contributed by atoms with Crippen LogP contribution in [0.3, 0.4) is 0 Å². The molecule has 0 fully saturated rings. The van der Waals surface area contributed by atoms with E-state index in [9.17, 15) is 8.78 Å². The number of halogens is 3. The standard InChI is InChI=1S/C15H14BrF2N/c1-10(7-11-3-2-4-12(17)8-11)19-15-6-5-13(18)9-14(15)16/h2-6,8-10,19H,7H2,1H3. The minimum Gasteiger partial charge on any atom is -0.381 e. The number of anilines is 1. The summed E-state index contributed by atoms with van der Waals surface area (Å²) in [7, 11) is 0. The van der Waals surface area contributed by atoms with E-state index in [1.807, 2.05) is 13.0 Å². The van der Waals surface area contributed by atoms with Gasteiger partial charge in [0.2, 0.25) is 0 Å². The third-order valence-corrected chi connectivity index (χ3v) is 3.42. The zero-order chi connectivity index (χ0) is 13.8. The molecule has 0 saturated carbocycles. The first-order valence-corrected chi connectivity index (χ1v) is 6.80. The zero-order valence-corrected chi connectivity index (χ0v) is 12.0. The summed E-state index contributed by atoms with van der Waals surface area (Å²) in [4.78, 5) is 0. The highest BCUT2D eigenvalue weighted by atomic mass is 79.9. The molecule has 1 unspecified atom stereocenters. The lowest BCUT2D eigenvalue weighted by atomic mass is 10.1. The van der Waals surface area contributed by atoms with Crippen molar-refractivity contribution in [1.82, 2.24) is 0 Å². The van der Waals surface area contributed by atoms with Crippen molar-refractivity contribution in [2.75, 3.05) is 5.32 Å². The summed E-state index contributed by atoms with van der Waals surface area (Å²) >= 11 is 3.31. The molecule has 100 valence electrons. The third kappa shape index (κ3) is 4.03. The maximum absolute atomic E-state index is 13.1. The molecule has 0 aromatic heterocycles. The Balaban J connectivity index is 2.03. The van der Waals surface area contributed by atoms with Crippen LogP contribution in [0.4, 0.5) is 14.5 Å². The lowest BCUT2D eigenvalue weighted by molar-refractivity contribution is 0.623. The summed E-state index contributed by atoms with van der Waals surface area (Å²) in [5.74, 6) is -0.511. The molecule has 2 aromatic carbocycles. The Hall–Kier alpha value is -1.42. The Morgan fingerprint density at radius 1 is 1.11 bits per heavy atom. The lowest BCUT2D eigenvalue weighted by Gasteiger charge is -2.16. The van der Waals surface area contributed by atoms with Crippen molar-refractivity contribution in [2.24, 2.45) is 0 Å². The predicted octanol–water partition coefficient (Wildman–Crippen LogP) is 4.77. The van der Waals surface area contributed by atoms with Gasteiger partial charge in [-0.05, 0) is 65.2 Å². The summed E-state index contributed by atoms with van der Waals surface area (Å²) in [5, 5.41) is 3.27. The van der Waals surface area contributed by atoms with Crippen molar-refractivity contribution in [3.63, 3.8) is 0 Å². The van der Waals surface area contributed by atoms with Crippen molar-refractivity contribution in [3.8, 4) is 0 Å². The van der Waals surface area contributed by atoms with Crippen LogP contribution in [0.5, 0.6) is 0 Å². The molecule has 0 aliphatic heterocycles. The average Bonchev–Trinajstić information content (AvgIpc) is 2.33. The number of hydrogen-bond donors (Lipinski definition) is 1. The van der Waals surface area contributed by atoms with Gasteiger partial charge in [-0.1, -0.05) is 12.1 Å². The zero-order valence-electron chi connectivity index (χ0n) is 10.5. The van der Waals surface area contributed by atoms with Crippen molar-refractivity contribution in [3.05, 3.63) is 64.1 Å². The minimum absolute atomic E-state index is 0.114. The molecule has 0 saturated heterocycles. The van der Waals surface area contributed by atoms with Crippen LogP contribution >= 0.6 is 15.9 Å². The fraction of sp³-hybridized carbons (Fsp3) is 0.200. The summed E-state index contributed by atoms with van der Waals surface area (Å²) in [6.07, 6.45) is 0.696. The molecule has 0 radical (unpaired) electrons. The average molecular weight is 326 g/mol. The first-order chi connectivity index (χ1) is 9.04. The van der Waals surface area contributed by atoms with Crippen molar-refractivity contribution in [2.45, 2.75) is 19.4 Å². The predicted molar refractivity (Wildman–Crippen MR) is 77.3 cm³/mol. The molecule has 0 amide bonds. The van der Waals surface area contributed by atoms with Gasteiger partial charge in [0.25, 0.3) is 0 Å². The molecule has 1 atom stereocenters. The van der Waals surface area contributed by atoms with Crippen molar-refractivity contribution in [1.29, 1.82) is 0 Å². The topological polar surface area (TPSA) is 12.0 Å². The molecule has 19 heavy (non-hydrogen) atoms. The summed E-state index contributed by atoms with van der Waals surface area (Å²) in [5.41, 5.74) is 1.75. The number of rotatable bonds is 4. The molecule has 0 spiro atoms. The molecule has 0 aliphatic rings. The summed E-state index contributed by atoms with van der Waals surface area (Å²) in [6, 6.07) is 11.2. The molecule has 2 rings (SSSR count). The summed E-state index contributed by atoms with van der Waals surface area (Å²) in [6.45, 7) is 2.00. The maximum atomic E-state index is 13.1. The van der Waals surface area contributed by atoms with Crippen LogP contribution in [-0.2, 0) is 6.42 Å². The second-order valence-electron chi connectivity index (χ2n) is 4.50. The molecular weight excluding hydrogens is 312 g/mol. The van der Waals surface area contributed by atoms with Crippen LogP contribution in [-0.4, -0.2) is 6.04 Å². The van der Waals surface area contributed by atoms with Gasteiger partial charge in [-0.3, -0.25) is 0 Å². The van der Waals surface area contributed by atoms with Crippen LogP contribution < -0.4 is 5.32 Å². The van der Waals surface area contributed by atoms with E-state index in [1.54, 1.807) is 12.1 Å². The fourth-order valence-corrected chi connectivity index (χ4v) is 2.41. The number of nitrogens with one attached hydrogen (secondary N) is 1. The van der Waals surface area contributed by atoms with Crippen LogP contribution in [0.2, 0.25) is 0 Å². The first-order valence-electron chi connectivity index (χ1n) is 6.00. The lowest BCUT2D eigenvalue weighted by Crippen LogP contribution is -2.18.